The molecule has 150 valence electrons. The molecular weight excluding hydrogens is 352 g/mol. The molecule has 2 rings (SSSR count). The lowest BCUT2D eigenvalue weighted by atomic mass is 10.0. The van der Waals surface area contributed by atoms with E-state index in [2.05, 4.69) is 20.8 Å². The second kappa shape index (κ2) is 11.3. The summed E-state index contributed by atoms with van der Waals surface area (Å²) in [7, 11) is 0. The van der Waals surface area contributed by atoms with E-state index in [4.69, 9.17) is 9.47 Å². The summed E-state index contributed by atoms with van der Waals surface area (Å²) in [4.78, 5) is 24.3. The first-order valence-electron chi connectivity index (χ1n) is 10.1. The Morgan fingerprint density at radius 1 is 0.786 bits per heavy atom. The van der Waals surface area contributed by atoms with Gasteiger partial charge in [0.2, 0.25) is 0 Å². The molecular formula is C24H30O4. The molecule has 0 heterocycles. The molecule has 0 atom stereocenters. The van der Waals surface area contributed by atoms with Crippen LogP contribution in [0.1, 0.15) is 85.1 Å². The Labute approximate surface area is 167 Å². The number of hydrogen-bond donors (Lipinski definition) is 0. The summed E-state index contributed by atoms with van der Waals surface area (Å²) in [6.07, 6.45) is 5.53. The number of benzene rings is 2. The normalized spacial score (nSPS) is 10.7. The van der Waals surface area contributed by atoms with Crippen molar-refractivity contribution in [2.24, 2.45) is 0 Å². The van der Waals surface area contributed by atoms with Gasteiger partial charge in [-0.05, 0) is 54.3 Å². The highest BCUT2D eigenvalue weighted by Crippen LogP contribution is 2.19. The Bertz CT molecular complexity index is 745. The van der Waals surface area contributed by atoms with Crippen molar-refractivity contribution in [2.45, 2.75) is 58.8 Å². The lowest BCUT2D eigenvalue weighted by molar-refractivity contribution is 0.0497. The van der Waals surface area contributed by atoms with Gasteiger partial charge in [-0.3, -0.25) is 0 Å². The number of hydrogen-bond acceptors (Lipinski definition) is 4. The number of carbonyl (C=O) groups is 2. The minimum absolute atomic E-state index is 0.361. The largest absolute Gasteiger partial charge is 0.462 e. The molecule has 0 radical (unpaired) electrons. The second-order valence-corrected chi connectivity index (χ2v) is 7.24. The zero-order valence-electron chi connectivity index (χ0n) is 17.1. The van der Waals surface area contributed by atoms with Crippen LogP contribution in [-0.2, 0) is 4.74 Å². The molecule has 0 aliphatic heterocycles. The molecule has 2 aromatic rings. The van der Waals surface area contributed by atoms with Crippen molar-refractivity contribution in [2.75, 3.05) is 6.61 Å². The van der Waals surface area contributed by atoms with Crippen molar-refractivity contribution in [3.8, 4) is 5.75 Å². The van der Waals surface area contributed by atoms with Crippen molar-refractivity contribution >= 4 is 11.9 Å². The lowest BCUT2D eigenvalue weighted by Crippen LogP contribution is -2.10. The summed E-state index contributed by atoms with van der Waals surface area (Å²) in [5.41, 5.74) is 2.02. The van der Waals surface area contributed by atoms with E-state index >= 15 is 0 Å². The van der Waals surface area contributed by atoms with Crippen molar-refractivity contribution in [3.05, 3.63) is 65.2 Å². The molecule has 28 heavy (non-hydrogen) atoms. The topological polar surface area (TPSA) is 52.6 Å². The van der Waals surface area contributed by atoms with Gasteiger partial charge in [0.05, 0.1) is 17.7 Å². The molecule has 0 spiro atoms. The van der Waals surface area contributed by atoms with E-state index in [1.54, 1.807) is 36.4 Å². The highest BCUT2D eigenvalue weighted by atomic mass is 16.5. The van der Waals surface area contributed by atoms with Crippen molar-refractivity contribution < 1.29 is 19.1 Å². The molecule has 0 aromatic heterocycles. The molecule has 0 amide bonds. The fraction of sp³-hybridized carbons (Fsp3) is 0.417. The van der Waals surface area contributed by atoms with Crippen LogP contribution in [0.2, 0.25) is 0 Å². The fourth-order valence-corrected chi connectivity index (χ4v) is 2.78. The smallest absolute Gasteiger partial charge is 0.343 e. The Morgan fingerprint density at radius 2 is 1.36 bits per heavy atom. The van der Waals surface area contributed by atoms with Gasteiger partial charge >= 0.3 is 11.9 Å². The number of carbonyl (C=O) groups excluding carboxylic acids is 2. The monoisotopic (exact) mass is 382 g/mol. The third-order valence-electron chi connectivity index (χ3n) is 4.59. The lowest BCUT2D eigenvalue weighted by Gasteiger charge is -2.08. The Hall–Kier alpha value is -2.62. The average Bonchev–Trinajstić information content (AvgIpc) is 2.71. The van der Waals surface area contributed by atoms with Crippen molar-refractivity contribution in [1.29, 1.82) is 0 Å². The molecule has 0 fully saturated rings. The first kappa shape index (κ1) is 21.7. The van der Waals surface area contributed by atoms with E-state index in [0.29, 0.717) is 29.4 Å². The highest BCUT2D eigenvalue weighted by molar-refractivity contribution is 5.94. The van der Waals surface area contributed by atoms with Crippen LogP contribution in [0.5, 0.6) is 5.75 Å². The second-order valence-electron chi connectivity index (χ2n) is 7.24. The van der Waals surface area contributed by atoms with Crippen LogP contribution < -0.4 is 4.74 Å². The number of rotatable bonds is 10. The van der Waals surface area contributed by atoms with Crippen LogP contribution in [0.25, 0.3) is 0 Å². The van der Waals surface area contributed by atoms with E-state index < -0.39 is 5.97 Å². The average molecular weight is 383 g/mol. The molecule has 0 aliphatic rings. The predicted molar refractivity (Wildman–Crippen MR) is 111 cm³/mol. The van der Waals surface area contributed by atoms with E-state index in [1.807, 2.05) is 12.1 Å². The highest BCUT2D eigenvalue weighted by Gasteiger charge is 2.12. The maximum atomic E-state index is 12.3. The van der Waals surface area contributed by atoms with E-state index in [1.165, 1.54) is 24.8 Å². The summed E-state index contributed by atoms with van der Waals surface area (Å²) in [5.74, 6) is 0.113. The number of ether oxygens (including phenoxy) is 2. The van der Waals surface area contributed by atoms with Crippen LogP contribution >= 0.6 is 0 Å². The first-order valence-corrected chi connectivity index (χ1v) is 10.1. The van der Waals surface area contributed by atoms with Crippen molar-refractivity contribution in [1.82, 2.24) is 0 Å². The molecule has 2 aromatic carbocycles. The molecule has 0 saturated heterocycles. The zero-order valence-corrected chi connectivity index (χ0v) is 17.1. The Morgan fingerprint density at radius 3 is 1.93 bits per heavy atom. The zero-order chi connectivity index (χ0) is 20.4. The van der Waals surface area contributed by atoms with Crippen LogP contribution in [0.3, 0.4) is 0 Å². The first-order chi connectivity index (χ1) is 13.5. The van der Waals surface area contributed by atoms with Crippen LogP contribution in [0.15, 0.2) is 48.5 Å². The van der Waals surface area contributed by atoms with Crippen molar-refractivity contribution in [3.63, 3.8) is 0 Å². The van der Waals surface area contributed by atoms with E-state index in [-0.39, 0.29) is 5.97 Å². The minimum Gasteiger partial charge on any atom is -0.462 e. The molecule has 0 bridgehead atoms. The van der Waals surface area contributed by atoms with Gasteiger partial charge in [-0.15, -0.1) is 0 Å². The maximum Gasteiger partial charge on any atom is 0.343 e. The molecule has 4 nitrogen and oxygen atoms in total. The molecule has 0 saturated carbocycles. The number of unbranched alkanes of at least 4 members (excludes halogenated alkanes) is 4. The third kappa shape index (κ3) is 6.84. The van der Waals surface area contributed by atoms with Gasteiger partial charge in [0.1, 0.15) is 5.75 Å². The van der Waals surface area contributed by atoms with Gasteiger partial charge in [0.25, 0.3) is 0 Å². The summed E-state index contributed by atoms with van der Waals surface area (Å²) < 4.78 is 10.7. The van der Waals surface area contributed by atoms with Gasteiger partial charge < -0.3 is 9.47 Å². The number of esters is 2. The molecule has 4 heteroatoms. The Balaban J connectivity index is 1.83. The van der Waals surface area contributed by atoms with Crippen LogP contribution in [0, 0.1) is 0 Å². The summed E-state index contributed by atoms with van der Waals surface area (Å²) in [6.45, 7) is 6.82. The van der Waals surface area contributed by atoms with E-state index in [9.17, 15) is 9.59 Å². The minimum atomic E-state index is -0.451. The quantitative estimate of drug-likeness (QED) is 0.281. The fourth-order valence-electron chi connectivity index (χ4n) is 2.78. The summed E-state index contributed by atoms with van der Waals surface area (Å²) >= 11 is 0. The SMILES string of the molecule is CCCCCCCOC(=O)c1ccc(C(=O)Oc2ccc(C(C)C)cc2)cc1. The standard InChI is InChI=1S/C24H30O4/c1-4-5-6-7-8-17-27-23(25)20-9-11-21(12-10-20)24(26)28-22-15-13-19(14-16-22)18(2)3/h9-16,18H,4-8,17H2,1-3H3. The van der Waals surface area contributed by atoms with Gasteiger partial charge in [0, 0.05) is 0 Å². The maximum absolute atomic E-state index is 12.3. The van der Waals surface area contributed by atoms with Gasteiger partial charge in [0.15, 0.2) is 0 Å². The third-order valence-corrected chi connectivity index (χ3v) is 4.59. The van der Waals surface area contributed by atoms with Gasteiger partial charge in [-0.2, -0.15) is 0 Å². The molecule has 0 N–H and O–H groups in total. The van der Waals surface area contributed by atoms with Gasteiger partial charge in [-0.1, -0.05) is 58.6 Å². The van der Waals surface area contributed by atoms with Gasteiger partial charge in [-0.25, -0.2) is 9.59 Å². The Kier molecular flexibility index (Phi) is 8.73. The predicted octanol–water partition coefficient (Wildman–Crippen LogP) is 6.16. The van der Waals surface area contributed by atoms with E-state index in [0.717, 1.165) is 12.8 Å². The van der Waals surface area contributed by atoms with Crippen LogP contribution in [0.4, 0.5) is 0 Å². The molecule has 0 aliphatic carbocycles. The summed E-state index contributed by atoms with van der Waals surface area (Å²) in [6, 6.07) is 13.9. The van der Waals surface area contributed by atoms with Crippen LogP contribution in [-0.4, -0.2) is 18.5 Å². The molecule has 0 unspecified atom stereocenters. The summed E-state index contributed by atoms with van der Waals surface area (Å²) in [5, 5.41) is 0.